The fourth-order valence-corrected chi connectivity index (χ4v) is 2.58. The van der Waals surface area contributed by atoms with Crippen LogP contribution in [0.3, 0.4) is 0 Å². The highest BCUT2D eigenvalue weighted by Crippen LogP contribution is 2.29. The van der Waals surface area contributed by atoms with E-state index >= 15 is 0 Å². The summed E-state index contributed by atoms with van der Waals surface area (Å²) in [5.41, 5.74) is 2.25. The first-order chi connectivity index (χ1) is 8.54. The van der Waals surface area contributed by atoms with Crippen molar-refractivity contribution in [2.45, 2.75) is 25.9 Å². The Morgan fingerprint density at radius 2 is 2.00 bits per heavy atom. The number of aromatic nitrogens is 4. The summed E-state index contributed by atoms with van der Waals surface area (Å²) in [5, 5.41) is 12.0. The zero-order chi connectivity index (χ0) is 13.3. The van der Waals surface area contributed by atoms with E-state index in [4.69, 9.17) is 0 Å². The van der Waals surface area contributed by atoms with Crippen molar-refractivity contribution in [2.24, 2.45) is 7.05 Å². The van der Waals surface area contributed by atoms with Gasteiger partial charge in [-0.2, -0.15) is 10.2 Å². The first-order valence-electron chi connectivity index (χ1n) is 5.93. The molecule has 1 atom stereocenters. The summed E-state index contributed by atoms with van der Waals surface area (Å²) in [7, 11) is 3.87. The molecule has 0 spiro atoms. The molecule has 98 valence electrons. The molecule has 18 heavy (non-hydrogen) atoms. The van der Waals surface area contributed by atoms with Crippen LogP contribution in [0.25, 0.3) is 0 Å². The summed E-state index contributed by atoms with van der Waals surface area (Å²) < 4.78 is 4.85. The lowest BCUT2D eigenvalue weighted by molar-refractivity contribution is 0.483. The molecule has 0 aliphatic rings. The molecule has 0 saturated heterocycles. The minimum Gasteiger partial charge on any atom is -0.308 e. The van der Waals surface area contributed by atoms with E-state index in [0.717, 1.165) is 15.7 Å². The largest absolute Gasteiger partial charge is 0.308 e. The van der Waals surface area contributed by atoms with Crippen LogP contribution in [-0.4, -0.2) is 26.6 Å². The predicted octanol–water partition coefficient (Wildman–Crippen LogP) is 2.27. The van der Waals surface area contributed by atoms with Crippen molar-refractivity contribution in [3.05, 3.63) is 34.3 Å². The summed E-state index contributed by atoms with van der Waals surface area (Å²) in [6.45, 7) is 4.25. The monoisotopic (exact) mass is 311 g/mol. The van der Waals surface area contributed by atoms with Gasteiger partial charge in [0.2, 0.25) is 0 Å². The van der Waals surface area contributed by atoms with Crippen LogP contribution in [0.5, 0.6) is 0 Å². The molecule has 1 N–H and O–H groups in total. The Hall–Kier alpha value is -1.14. The minimum absolute atomic E-state index is 0.0815. The third-order valence-corrected chi connectivity index (χ3v) is 3.51. The van der Waals surface area contributed by atoms with E-state index in [1.165, 1.54) is 0 Å². The van der Waals surface area contributed by atoms with Crippen LogP contribution in [0, 0.1) is 0 Å². The van der Waals surface area contributed by atoms with Gasteiger partial charge >= 0.3 is 0 Å². The lowest BCUT2D eigenvalue weighted by Gasteiger charge is -2.19. The number of halogens is 1. The molecule has 0 fully saturated rings. The van der Waals surface area contributed by atoms with Crippen molar-refractivity contribution in [1.82, 2.24) is 24.9 Å². The SMILES string of the molecule is CNC(c1cnn(C)c1)c1c(Br)cnn1C(C)C. The molecule has 0 aliphatic heterocycles. The maximum absolute atomic E-state index is 4.42. The van der Waals surface area contributed by atoms with Crippen LogP contribution in [-0.2, 0) is 7.05 Å². The molecule has 0 bridgehead atoms. The third-order valence-electron chi connectivity index (χ3n) is 2.90. The predicted molar refractivity (Wildman–Crippen MR) is 74.4 cm³/mol. The van der Waals surface area contributed by atoms with Crippen molar-refractivity contribution in [3.63, 3.8) is 0 Å². The Morgan fingerprint density at radius 3 is 2.50 bits per heavy atom. The Bertz CT molecular complexity index is 528. The second-order valence-corrected chi connectivity index (χ2v) is 5.44. The van der Waals surface area contributed by atoms with E-state index in [1.807, 2.05) is 42.0 Å². The van der Waals surface area contributed by atoms with Crippen LogP contribution >= 0.6 is 15.9 Å². The van der Waals surface area contributed by atoms with E-state index < -0.39 is 0 Å². The average molecular weight is 312 g/mol. The number of nitrogens with zero attached hydrogens (tertiary/aromatic N) is 4. The quantitative estimate of drug-likeness (QED) is 0.942. The summed E-state index contributed by atoms with van der Waals surface area (Å²) in [5.74, 6) is 0. The zero-order valence-electron chi connectivity index (χ0n) is 11.1. The van der Waals surface area contributed by atoms with Gasteiger partial charge in [0, 0.05) is 24.8 Å². The van der Waals surface area contributed by atoms with Gasteiger partial charge < -0.3 is 5.32 Å². The maximum atomic E-state index is 4.42. The molecule has 2 aromatic rings. The average Bonchev–Trinajstić information content (AvgIpc) is 2.88. The summed E-state index contributed by atoms with van der Waals surface area (Å²) in [6, 6.07) is 0.400. The molecular weight excluding hydrogens is 294 g/mol. The Morgan fingerprint density at radius 1 is 1.28 bits per heavy atom. The highest BCUT2D eigenvalue weighted by Gasteiger charge is 2.22. The van der Waals surface area contributed by atoms with Crippen LogP contribution in [0.15, 0.2) is 23.1 Å². The Kier molecular flexibility index (Phi) is 3.87. The molecule has 6 heteroatoms. The van der Waals surface area contributed by atoms with Crippen molar-refractivity contribution >= 4 is 15.9 Å². The Labute approximate surface area is 115 Å². The molecule has 1 unspecified atom stereocenters. The maximum Gasteiger partial charge on any atom is 0.0788 e. The molecular formula is C12H18BrN5. The normalized spacial score (nSPS) is 13.2. The van der Waals surface area contributed by atoms with Gasteiger partial charge in [-0.05, 0) is 36.8 Å². The first-order valence-corrected chi connectivity index (χ1v) is 6.72. The van der Waals surface area contributed by atoms with Gasteiger partial charge in [-0.15, -0.1) is 0 Å². The van der Waals surface area contributed by atoms with Crippen LogP contribution < -0.4 is 5.32 Å². The number of aryl methyl sites for hydroxylation is 1. The fourth-order valence-electron chi connectivity index (χ4n) is 2.08. The van der Waals surface area contributed by atoms with Crippen LogP contribution in [0.4, 0.5) is 0 Å². The number of hydrogen-bond acceptors (Lipinski definition) is 3. The van der Waals surface area contributed by atoms with E-state index in [9.17, 15) is 0 Å². The molecule has 2 aromatic heterocycles. The number of rotatable bonds is 4. The molecule has 5 nitrogen and oxygen atoms in total. The molecule has 0 radical (unpaired) electrons. The van der Waals surface area contributed by atoms with Gasteiger partial charge in [0.15, 0.2) is 0 Å². The highest BCUT2D eigenvalue weighted by atomic mass is 79.9. The molecule has 0 amide bonds. The van der Waals surface area contributed by atoms with E-state index in [0.29, 0.717) is 6.04 Å². The third kappa shape index (κ3) is 2.35. The summed E-state index contributed by atoms with van der Waals surface area (Å²) >= 11 is 3.58. The second kappa shape index (κ2) is 5.24. The molecule has 2 heterocycles. The second-order valence-electron chi connectivity index (χ2n) is 4.59. The lowest BCUT2D eigenvalue weighted by Crippen LogP contribution is -2.22. The molecule has 0 aromatic carbocycles. The molecule has 2 rings (SSSR count). The first kappa shape index (κ1) is 13.3. The van der Waals surface area contributed by atoms with Crippen molar-refractivity contribution in [3.8, 4) is 0 Å². The van der Waals surface area contributed by atoms with Crippen molar-refractivity contribution in [1.29, 1.82) is 0 Å². The Balaban J connectivity index is 2.47. The molecule has 0 aliphatic carbocycles. The van der Waals surface area contributed by atoms with Gasteiger partial charge in [0.1, 0.15) is 0 Å². The van der Waals surface area contributed by atoms with Crippen LogP contribution in [0.1, 0.15) is 37.2 Å². The summed E-state index contributed by atoms with van der Waals surface area (Å²) in [4.78, 5) is 0. The van der Waals surface area contributed by atoms with Gasteiger partial charge in [-0.1, -0.05) is 0 Å². The minimum atomic E-state index is 0.0815. The standard InChI is InChI=1S/C12H18BrN5/c1-8(2)18-12(10(13)6-16-18)11(14-3)9-5-15-17(4)7-9/h5-8,11,14H,1-4H3. The fraction of sp³-hybridized carbons (Fsp3) is 0.500. The van der Waals surface area contributed by atoms with Crippen molar-refractivity contribution < 1.29 is 0 Å². The number of nitrogens with one attached hydrogen (secondary N) is 1. The number of hydrogen-bond donors (Lipinski definition) is 1. The zero-order valence-corrected chi connectivity index (χ0v) is 12.6. The van der Waals surface area contributed by atoms with E-state index in [-0.39, 0.29) is 6.04 Å². The molecule has 0 saturated carbocycles. The van der Waals surface area contributed by atoms with Gasteiger partial charge in [0.05, 0.1) is 28.6 Å². The lowest BCUT2D eigenvalue weighted by atomic mass is 10.1. The van der Waals surface area contributed by atoms with Crippen molar-refractivity contribution in [2.75, 3.05) is 7.05 Å². The van der Waals surface area contributed by atoms with Gasteiger partial charge in [-0.3, -0.25) is 9.36 Å². The van der Waals surface area contributed by atoms with E-state index in [2.05, 4.69) is 45.3 Å². The van der Waals surface area contributed by atoms with E-state index in [1.54, 1.807) is 0 Å². The highest BCUT2D eigenvalue weighted by molar-refractivity contribution is 9.10. The van der Waals surface area contributed by atoms with Crippen LogP contribution in [0.2, 0.25) is 0 Å². The van der Waals surface area contributed by atoms with Gasteiger partial charge in [0.25, 0.3) is 0 Å². The van der Waals surface area contributed by atoms with Gasteiger partial charge in [-0.25, -0.2) is 0 Å². The summed E-state index contributed by atoms with van der Waals surface area (Å²) in [6.07, 6.45) is 5.74. The topological polar surface area (TPSA) is 47.7 Å². The smallest absolute Gasteiger partial charge is 0.0788 e.